The van der Waals surface area contributed by atoms with Crippen molar-refractivity contribution in [1.29, 1.82) is 0 Å². The molecule has 2 N–H and O–H groups in total. The van der Waals surface area contributed by atoms with Crippen molar-refractivity contribution < 1.29 is 5.11 Å². The first-order chi connectivity index (χ1) is 11.3. The fourth-order valence-electron chi connectivity index (χ4n) is 3.33. The molecule has 1 fully saturated rings. The number of rotatable bonds is 3. The van der Waals surface area contributed by atoms with Gasteiger partial charge in [0.1, 0.15) is 17.1 Å². The first-order valence-electron chi connectivity index (χ1n) is 8.14. The number of nitrogens with one attached hydrogen (secondary N) is 1. The van der Waals surface area contributed by atoms with Gasteiger partial charge in [0.05, 0.1) is 6.17 Å². The van der Waals surface area contributed by atoms with E-state index >= 15 is 0 Å². The Morgan fingerprint density at radius 3 is 3.00 bits per heavy atom. The van der Waals surface area contributed by atoms with E-state index in [1.54, 1.807) is 12.1 Å². The lowest BCUT2D eigenvalue weighted by atomic mass is 10.1. The highest BCUT2D eigenvalue weighted by Crippen LogP contribution is 2.26. The normalized spacial score (nSPS) is 18.3. The Labute approximate surface area is 135 Å². The highest BCUT2D eigenvalue weighted by atomic mass is 16.3. The van der Waals surface area contributed by atoms with Crippen molar-refractivity contribution in [1.82, 2.24) is 19.9 Å². The largest absolute Gasteiger partial charge is 0.508 e. The minimum Gasteiger partial charge on any atom is -0.508 e. The molecule has 5 heteroatoms. The topological polar surface area (TPSA) is 63.0 Å². The van der Waals surface area contributed by atoms with Crippen LogP contribution < -0.4 is 5.32 Å². The molecule has 0 saturated carbocycles. The second-order valence-electron chi connectivity index (χ2n) is 6.06. The van der Waals surface area contributed by atoms with Crippen LogP contribution in [0.3, 0.4) is 0 Å². The maximum Gasteiger partial charge on any atom is 0.161 e. The molecular weight excluding hydrogens is 288 g/mol. The number of imidazole rings is 1. The highest BCUT2D eigenvalue weighted by molar-refractivity contribution is 5.71. The van der Waals surface area contributed by atoms with Crippen LogP contribution in [0, 0.1) is 0 Å². The Bertz CT molecular complexity index is 821. The smallest absolute Gasteiger partial charge is 0.161 e. The number of hydrogen-bond donors (Lipinski definition) is 2. The summed E-state index contributed by atoms with van der Waals surface area (Å²) in [5, 5.41) is 13.3. The number of benzene rings is 1. The zero-order valence-electron chi connectivity index (χ0n) is 12.9. The zero-order valence-corrected chi connectivity index (χ0v) is 12.9. The Balaban J connectivity index is 1.78. The molecule has 0 aliphatic carbocycles. The van der Waals surface area contributed by atoms with Crippen LogP contribution in [-0.2, 0) is 6.42 Å². The minimum absolute atomic E-state index is 0.246. The summed E-state index contributed by atoms with van der Waals surface area (Å²) in [6, 6.07) is 11.3. The van der Waals surface area contributed by atoms with Gasteiger partial charge in [-0.25, -0.2) is 9.97 Å². The van der Waals surface area contributed by atoms with Gasteiger partial charge in [0, 0.05) is 12.6 Å². The second-order valence-corrected chi connectivity index (χ2v) is 6.06. The van der Waals surface area contributed by atoms with E-state index in [2.05, 4.69) is 14.9 Å². The molecule has 4 rings (SSSR count). The molecule has 1 saturated heterocycles. The van der Waals surface area contributed by atoms with E-state index in [0.29, 0.717) is 12.2 Å². The summed E-state index contributed by atoms with van der Waals surface area (Å²) in [6.07, 6.45) is 6.28. The number of phenolic OH excluding ortho intramolecular Hbond substituents is 1. The van der Waals surface area contributed by atoms with Crippen LogP contribution >= 0.6 is 0 Å². The highest BCUT2D eigenvalue weighted by Gasteiger charge is 2.21. The van der Waals surface area contributed by atoms with Crippen molar-refractivity contribution in [2.24, 2.45) is 0 Å². The van der Waals surface area contributed by atoms with E-state index in [-0.39, 0.29) is 6.17 Å². The lowest BCUT2D eigenvalue weighted by molar-refractivity contribution is 0.320. The number of phenols is 1. The molecular formula is C18H20N4O. The Morgan fingerprint density at radius 2 is 2.17 bits per heavy atom. The number of fused-ring (bicyclic) bond motifs is 1. The first-order valence-corrected chi connectivity index (χ1v) is 8.14. The van der Waals surface area contributed by atoms with Gasteiger partial charge in [0.25, 0.3) is 0 Å². The Hall–Kier alpha value is -2.40. The molecule has 1 aromatic carbocycles. The predicted octanol–water partition coefficient (Wildman–Crippen LogP) is 3.00. The molecule has 5 nitrogen and oxygen atoms in total. The van der Waals surface area contributed by atoms with Crippen LogP contribution in [0.2, 0.25) is 0 Å². The zero-order chi connectivity index (χ0) is 15.6. The molecule has 0 radical (unpaired) electrons. The predicted molar refractivity (Wildman–Crippen MR) is 89.3 cm³/mol. The summed E-state index contributed by atoms with van der Waals surface area (Å²) in [4.78, 5) is 9.34. The number of pyridine rings is 1. The number of piperidine rings is 1. The summed E-state index contributed by atoms with van der Waals surface area (Å²) in [7, 11) is 0. The molecule has 23 heavy (non-hydrogen) atoms. The third-order valence-corrected chi connectivity index (χ3v) is 4.39. The third-order valence-electron chi connectivity index (χ3n) is 4.39. The average molecular weight is 308 g/mol. The second kappa shape index (κ2) is 6.01. The quantitative estimate of drug-likeness (QED) is 0.781. The van der Waals surface area contributed by atoms with Crippen molar-refractivity contribution in [2.75, 3.05) is 6.54 Å². The molecule has 3 heterocycles. The first kappa shape index (κ1) is 14.2. The van der Waals surface area contributed by atoms with Crippen molar-refractivity contribution in [3.8, 4) is 5.75 Å². The number of hydrogen-bond acceptors (Lipinski definition) is 4. The van der Waals surface area contributed by atoms with Crippen LogP contribution in [0.25, 0.3) is 11.2 Å². The molecule has 1 aliphatic heterocycles. The fraction of sp³-hybridized carbons (Fsp3) is 0.333. The maximum absolute atomic E-state index is 9.70. The molecule has 3 aromatic rings. The standard InChI is InChI=1S/C18H20N4O/c23-14-6-3-5-13(11-14)12-17-21-15-7-4-10-20-18(15)22(17)16-8-1-2-9-19-16/h3-7,10-11,16,19,23H,1-2,8-9,12H2. The van der Waals surface area contributed by atoms with Crippen molar-refractivity contribution >= 4 is 11.2 Å². The van der Waals surface area contributed by atoms with Gasteiger partial charge in [-0.3, -0.25) is 9.88 Å². The van der Waals surface area contributed by atoms with Gasteiger partial charge in [-0.1, -0.05) is 12.1 Å². The number of aromatic nitrogens is 3. The number of aromatic hydroxyl groups is 1. The van der Waals surface area contributed by atoms with Crippen LogP contribution in [0.1, 0.15) is 36.8 Å². The van der Waals surface area contributed by atoms with Gasteiger partial charge in [0.15, 0.2) is 5.65 Å². The van der Waals surface area contributed by atoms with E-state index in [4.69, 9.17) is 4.98 Å². The Kier molecular flexibility index (Phi) is 3.71. The van der Waals surface area contributed by atoms with Gasteiger partial charge < -0.3 is 5.11 Å². The van der Waals surface area contributed by atoms with Crippen molar-refractivity contribution in [3.63, 3.8) is 0 Å². The van der Waals surface area contributed by atoms with Crippen molar-refractivity contribution in [2.45, 2.75) is 31.8 Å². The molecule has 0 spiro atoms. The van der Waals surface area contributed by atoms with Gasteiger partial charge in [-0.05, 0) is 55.6 Å². The van der Waals surface area contributed by atoms with E-state index in [1.807, 2.05) is 30.5 Å². The van der Waals surface area contributed by atoms with Gasteiger partial charge >= 0.3 is 0 Å². The van der Waals surface area contributed by atoms with E-state index in [0.717, 1.165) is 35.5 Å². The summed E-state index contributed by atoms with van der Waals surface area (Å²) in [5.74, 6) is 1.28. The van der Waals surface area contributed by atoms with Crippen LogP contribution in [0.4, 0.5) is 0 Å². The van der Waals surface area contributed by atoms with Crippen LogP contribution in [-0.4, -0.2) is 26.2 Å². The number of nitrogens with zero attached hydrogens (tertiary/aromatic N) is 3. The lowest BCUT2D eigenvalue weighted by Crippen LogP contribution is -2.32. The van der Waals surface area contributed by atoms with Gasteiger partial charge in [0.2, 0.25) is 0 Å². The molecule has 0 bridgehead atoms. The van der Waals surface area contributed by atoms with Crippen molar-refractivity contribution in [3.05, 3.63) is 54.0 Å². The molecule has 1 atom stereocenters. The SMILES string of the molecule is Oc1cccc(Cc2nc3cccnc3n2C2CCCCN2)c1. The molecule has 2 aromatic heterocycles. The van der Waals surface area contributed by atoms with E-state index < -0.39 is 0 Å². The van der Waals surface area contributed by atoms with E-state index in [9.17, 15) is 5.11 Å². The van der Waals surface area contributed by atoms with Crippen LogP contribution in [0.15, 0.2) is 42.6 Å². The van der Waals surface area contributed by atoms with Gasteiger partial charge in [-0.15, -0.1) is 0 Å². The summed E-state index contributed by atoms with van der Waals surface area (Å²) in [5.41, 5.74) is 2.91. The monoisotopic (exact) mass is 308 g/mol. The van der Waals surface area contributed by atoms with Gasteiger partial charge in [-0.2, -0.15) is 0 Å². The third kappa shape index (κ3) is 2.80. The fourth-order valence-corrected chi connectivity index (χ4v) is 3.33. The van der Waals surface area contributed by atoms with Crippen LogP contribution in [0.5, 0.6) is 5.75 Å². The minimum atomic E-state index is 0.246. The molecule has 0 amide bonds. The molecule has 1 aliphatic rings. The Morgan fingerprint density at radius 1 is 1.22 bits per heavy atom. The summed E-state index contributed by atoms with van der Waals surface area (Å²) in [6.45, 7) is 1.03. The maximum atomic E-state index is 9.70. The lowest BCUT2D eigenvalue weighted by Gasteiger charge is -2.26. The molecule has 1 unspecified atom stereocenters. The molecule has 118 valence electrons. The average Bonchev–Trinajstić information content (AvgIpc) is 2.93. The summed E-state index contributed by atoms with van der Waals surface area (Å²) < 4.78 is 2.23. The summed E-state index contributed by atoms with van der Waals surface area (Å²) >= 11 is 0. The van der Waals surface area contributed by atoms with E-state index in [1.165, 1.54) is 12.8 Å².